The number of ether oxygens (including phenoxy) is 1. The Kier molecular flexibility index (Phi) is 6.58. The minimum atomic E-state index is -0.334. The number of carbonyl (C=O) groups excluding carboxylic acids is 3. The van der Waals surface area contributed by atoms with Crippen molar-refractivity contribution in [3.05, 3.63) is 22.4 Å². The van der Waals surface area contributed by atoms with E-state index in [9.17, 15) is 14.4 Å². The van der Waals surface area contributed by atoms with Crippen molar-refractivity contribution in [1.29, 1.82) is 0 Å². The van der Waals surface area contributed by atoms with Gasteiger partial charge in [-0.1, -0.05) is 18.9 Å². The third kappa shape index (κ3) is 5.67. The van der Waals surface area contributed by atoms with Crippen LogP contribution in [0.3, 0.4) is 0 Å². The zero-order valence-corrected chi connectivity index (χ0v) is 14.0. The van der Waals surface area contributed by atoms with Crippen molar-refractivity contribution < 1.29 is 19.1 Å². The standard InChI is InChI=1S/C16H22N2O4S/c1-11-12(18-16(21)17-11)6-3-2-4-8-15(20)22-10-13(19)14-7-5-9-23-14/h5,7,9,11-12H,2-4,6,8,10H2,1H3,(H2,17,18,21). The molecule has 0 radical (unpaired) electrons. The molecule has 0 aliphatic carbocycles. The normalized spacial score (nSPS) is 20.0. The first-order valence-corrected chi connectivity index (χ1v) is 8.73. The molecule has 1 aromatic rings. The van der Waals surface area contributed by atoms with E-state index >= 15 is 0 Å². The van der Waals surface area contributed by atoms with Gasteiger partial charge in [0.05, 0.1) is 10.9 Å². The van der Waals surface area contributed by atoms with Gasteiger partial charge in [0.1, 0.15) is 0 Å². The van der Waals surface area contributed by atoms with Crippen LogP contribution >= 0.6 is 11.3 Å². The maximum absolute atomic E-state index is 11.7. The molecule has 2 atom stereocenters. The Morgan fingerprint density at radius 2 is 2.09 bits per heavy atom. The van der Waals surface area contributed by atoms with E-state index in [1.807, 2.05) is 12.3 Å². The molecule has 2 rings (SSSR count). The topological polar surface area (TPSA) is 84.5 Å². The number of rotatable bonds is 9. The van der Waals surface area contributed by atoms with Crippen LogP contribution in [0.25, 0.3) is 0 Å². The maximum Gasteiger partial charge on any atom is 0.315 e. The van der Waals surface area contributed by atoms with Gasteiger partial charge in [-0.2, -0.15) is 0 Å². The molecule has 0 aromatic carbocycles. The van der Waals surface area contributed by atoms with Crippen molar-refractivity contribution in [1.82, 2.24) is 10.6 Å². The van der Waals surface area contributed by atoms with E-state index in [0.29, 0.717) is 11.3 Å². The predicted molar refractivity (Wildman–Crippen MR) is 87.6 cm³/mol. The zero-order chi connectivity index (χ0) is 16.7. The molecule has 2 amide bonds. The van der Waals surface area contributed by atoms with E-state index in [1.54, 1.807) is 12.1 Å². The lowest BCUT2D eigenvalue weighted by molar-refractivity contribution is -0.142. The summed E-state index contributed by atoms with van der Waals surface area (Å²) in [6.07, 6.45) is 3.79. The molecule has 2 N–H and O–H groups in total. The molecular formula is C16H22N2O4S. The molecule has 1 saturated heterocycles. The molecule has 6 nitrogen and oxygen atoms in total. The first-order chi connectivity index (χ1) is 11.1. The summed E-state index contributed by atoms with van der Waals surface area (Å²) in [5.41, 5.74) is 0. The number of unbranched alkanes of at least 4 members (excludes halogenated alkanes) is 2. The van der Waals surface area contributed by atoms with E-state index in [-0.39, 0.29) is 36.5 Å². The van der Waals surface area contributed by atoms with Gasteiger partial charge < -0.3 is 15.4 Å². The third-order valence-corrected chi connectivity index (χ3v) is 4.75. The van der Waals surface area contributed by atoms with Crippen molar-refractivity contribution in [2.24, 2.45) is 0 Å². The van der Waals surface area contributed by atoms with Crippen LogP contribution in [0.1, 0.15) is 48.7 Å². The van der Waals surface area contributed by atoms with Crippen LogP contribution in [-0.2, 0) is 9.53 Å². The number of thiophene rings is 1. The number of esters is 1. The molecule has 0 bridgehead atoms. The molecule has 2 heterocycles. The molecule has 0 spiro atoms. The lowest BCUT2D eigenvalue weighted by Gasteiger charge is -2.13. The average Bonchev–Trinajstić information content (AvgIpc) is 3.14. The Balaban J connectivity index is 1.51. The molecule has 7 heteroatoms. The van der Waals surface area contributed by atoms with Gasteiger partial charge in [0.25, 0.3) is 0 Å². The fourth-order valence-electron chi connectivity index (χ4n) is 2.50. The van der Waals surface area contributed by atoms with E-state index < -0.39 is 0 Å². The second-order valence-electron chi connectivity index (χ2n) is 5.67. The van der Waals surface area contributed by atoms with Crippen LogP contribution in [0.15, 0.2) is 17.5 Å². The van der Waals surface area contributed by atoms with Crippen molar-refractivity contribution >= 4 is 29.1 Å². The second-order valence-corrected chi connectivity index (χ2v) is 6.62. The van der Waals surface area contributed by atoms with Gasteiger partial charge in [0.15, 0.2) is 6.61 Å². The molecule has 1 aliphatic heterocycles. The summed E-state index contributed by atoms with van der Waals surface area (Å²) in [6.45, 7) is 1.79. The molecule has 126 valence electrons. The van der Waals surface area contributed by atoms with Crippen molar-refractivity contribution in [2.75, 3.05) is 6.61 Å². The highest BCUT2D eigenvalue weighted by molar-refractivity contribution is 7.12. The van der Waals surface area contributed by atoms with Crippen molar-refractivity contribution in [2.45, 2.75) is 51.1 Å². The highest BCUT2D eigenvalue weighted by atomic mass is 32.1. The molecule has 0 saturated carbocycles. The summed E-state index contributed by atoms with van der Waals surface area (Å²) in [4.78, 5) is 35.0. The highest BCUT2D eigenvalue weighted by Gasteiger charge is 2.26. The van der Waals surface area contributed by atoms with Crippen LogP contribution in [0, 0.1) is 0 Å². The molecule has 1 aromatic heterocycles. The number of Topliss-reactive ketones (excluding diaryl/α,β-unsaturated/α-hetero) is 1. The Morgan fingerprint density at radius 1 is 1.26 bits per heavy atom. The van der Waals surface area contributed by atoms with Crippen LogP contribution < -0.4 is 10.6 Å². The largest absolute Gasteiger partial charge is 0.457 e. The van der Waals surface area contributed by atoms with Gasteiger partial charge >= 0.3 is 12.0 Å². The highest BCUT2D eigenvalue weighted by Crippen LogP contribution is 2.12. The van der Waals surface area contributed by atoms with Gasteiger partial charge in [-0.3, -0.25) is 9.59 Å². The van der Waals surface area contributed by atoms with Gasteiger partial charge in [0, 0.05) is 12.5 Å². The number of nitrogens with one attached hydrogen (secondary N) is 2. The summed E-state index contributed by atoms with van der Waals surface area (Å²) in [5, 5.41) is 7.50. The summed E-state index contributed by atoms with van der Waals surface area (Å²) in [6, 6.07) is 3.72. The van der Waals surface area contributed by atoms with Gasteiger partial charge in [-0.25, -0.2) is 4.79 Å². The van der Waals surface area contributed by atoms with Crippen LogP contribution in [0.5, 0.6) is 0 Å². The summed E-state index contributed by atoms with van der Waals surface area (Å²) in [5.74, 6) is -0.495. The van der Waals surface area contributed by atoms with Crippen LogP contribution in [0.2, 0.25) is 0 Å². The zero-order valence-electron chi connectivity index (χ0n) is 13.2. The van der Waals surface area contributed by atoms with Crippen LogP contribution in [-0.4, -0.2) is 36.5 Å². The summed E-state index contributed by atoms with van der Waals surface area (Å²) < 4.78 is 4.99. The Labute approximate surface area is 139 Å². The quantitative estimate of drug-likeness (QED) is 0.412. The number of ketones is 1. The third-order valence-electron chi connectivity index (χ3n) is 3.84. The smallest absolute Gasteiger partial charge is 0.315 e. The minimum absolute atomic E-state index is 0.110. The fourth-order valence-corrected chi connectivity index (χ4v) is 3.15. The number of hydrogen-bond acceptors (Lipinski definition) is 5. The van der Waals surface area contributed by atoms with Gasteiger partial charge in [0.2, 0.25) is 5.78 Å². The SMILES string of the molecule is CC1NC(=O)NC1CCCCCC(=O)OCC(=O)c1cccs1. The lowest BCUT2D eigenvalue weighted by Crippen LogP contribution is -2.30. The van der Waals surface area contributed by atoms with E-state index in [2.05, 4.69) is 10.6 Å². The molecule has 1 aliphatic rings. The van der Waals surface area contributed by atoms with Crippen LogP contribution in [0.4, 0.5) is 4.79 Å². The monoisotopic (exact) mass is 338 g/mol. The predicted octanol–water partition coefficient (Wildman–Crippen LogP) is 2.49. The Bertz CT molecular complexity index is 544. The Hall–Kier alpha value is -1.89. The maximum atomic E-state index is 11.7. The minimum Gasteiger partial charge on any atom is -0.457 e. The van der Waals surface area contributed by atoms with E-state index in [0.717, 1.165) is 25.7 Å². The lowest BCUT2D eigenvalue weighted by atomic mass is 10.0. The number of carbonyl (C=O) groups is 3. The first kappa shape index (κ1) is 17.5. The fraction of sp³-hybridized carbons (Fsp3) is 0.562. The number of amides is 2. The summed E-state index contributed by atoms with van der Waals surface area (Å²) in [7, 11) is 0. The van der Waals surface area contributed by atoms with Gasteiger partial charge in [-0.15, -0.1) is 11.3 Å². The van der Waals surface area contributed by atoms with Crippen molar-refractivity contribution in [3.63, 3.8) is 0 Å². The molecule has 2 unspecified atom stereocenters. The Morgan fingerprint density at radius 3 is 2.74 bits per heavy atom. The first-order valence-electron chi connectivity index (χ1n) is 7.85. The number of urea groups is 1. The summed E-state index contributed by atoms with van der Waals surface area (Å²) >= 11 is 1.34. The molecular weight excluding hydrogens is 316 g/mol. The average molecular weight is 338 g/mol. The van der Waals surface area contributed by atoms with Gasteiger partial charge in [-0.05, 0) is 31.2 Å². The molecule has 23 heavy (non-hydrogen) atoms. The number of hydrogen-bond donors (Lipinski definition) is 2. The van der Waals surface area contributed by atoms with E-state index in [1.165, 1.54) is 11.3 Å². The van der Waals surface area contributed by atoms with E-state index in [4.69, 9.17) is 4.74 Å². The van der Waals surface area contributed by atoms with Crippen molar-refractivity contribution in [3.8, 4) is 0 Å². The second kappa shape index (κ2) is 8.67. The molecule has 1 fully saturated rings.